The summed E-state index contributed by atoms with van der Waals surface area (Å²) in [5.74, 6) is -1.38. The van der Waals surface area contributed by atoms with E-state index in [2.05, 4.69) is 83.2 Å². The van der Waals surface area contributed by atoms with Crippen molar-refractivity contribution in [1.29, 1.82) is 0 Å². The Balaban J connectivity index is 5.34. The highest BCUT2D eigenvalue weighted by Crippen LogP contribution is 2.45. The van der Waals surface area contributed by atoms with E-state index < -0.39 is 97.5 Å². The third-order valence-corrected chi connectivity index (χ3v) is 19.7. The standard InChI is InChI=1S/C81H150O17P2/c1-6-9-12-15-18-21-24-27-29-35-40-45-50-55-60-65-79(84)92-71-77(98-81(86)67-62-57-52-47-42-37-32-31-34-38-43-48-53-58-63-74(4)5)73-96-100(89,90)94-69-75(82)68-93-99(87,88)95-72-76(70-91-78(83)64-59-54-49-44-39-33-26-23-20-17-14-11-8-3)97-80(85)66-61-56-51-46-41-36-30-28-25-22-19-16-13-10-7-2/h21-22,24-25,27-30,74-77,82H,6-20,23,26,31-73H2,1-5H3,(H,87,88)(H,89,90)/b24-21-,25-22-,29-27-,30-28-/t75-,76+,77+/m0/s1. The molecule has 0 aliphatic rings. The summed E-state index contributed by atoms with van der Waals surface area (Å²) in [4.78, 5) is 73.0. The fraction of sp³-hybridized carbons (Fsp3) is 0.852. The fourth-order valence-corrected chi connectivity index (χ4v) is 13.1. The number of aliphatic hydroxyl groups is 1. The van der Waals surface area contributed by atoms with Crippen molar-refractivity contribution in [1.82, 2.24) is 0 Å². The minimum atomic E-state index is -4.97. The van der Waals surface area contributed by atoms with E-state index in [1.165, 1.54) is 173 Å². The molecule has 0 aromatic carbocycles. The SMILES string of the molecule is CCCCCC/C=C\C=C/CCCCCCCC(=O)OC[C@H](COP(=O)(O)OC[C@@H](O)COP(=O)(O)OC[C@@H](COC(=O)CCCCCCCCCCCCCCC)OC(=O)CCCCCCC/C=C\C=C/CCCCCC)OC(=O)CCCCCCCCCCCCCCCCC(C)C. The Labute approximate surface area is 610 Å². The molecule has 0 rings (SSSR count). The highest BCUT2D eigenvalue weighted by Gasteiger charge is 2.30. The molecule has 19 heteroatoms. The first-order valence-electron chi connectivity index (χ1n) is 40.8. The predicted octanol–water partition coefficient (Wildman–Crippen LogP) is 23.5. The molecule has 0 aliphatic heterocycles. The number of rotatable bonds is 77. The fourth-order valence-electron chi connectivity index (χ4n) is 11.5. The van der Waals surface area contributed by atoms with E-state index in [1.54, 1.807) is 0 Å². The second-order valence-corrected chi connectivity index (χ2v) is 31.2. The molecule has 0 radical (unpaired) electrons. The Morgan fingerprint density at radius 1 is 0.310 bits per heavy atom. The molecule has 586 valence electrons. The number of phosphoric acid groups is 2. The summed E-state index contributed by atoms with van der Waals surface area (Å²) in [5.41, 5.74) is 0. The third kappa shape index (κ3) is 73.3. The van der Waals surface area contributed by atoms with Gasteiger partial charge in [-0.25, -0.2) is 9.13 Å². The van der Waals surface area contributed by atoms with Crippen LogP contribution in [0.2, 0.25) is 0 Å². The van der Waals surface area contributed by atoms with Gasteiger partial charge in [0.05, 0.1) is 26.4 Å². The predicted molar refractivity (Wildman–Crippen MR) is 409 cm³/mol. The van der Waals surface area contributed by atoms with Crippen LogP contribution in [0.25, 0.3) is 0 Å². The summed E-state index contributed by atoms with van der Waals surface area (Å²) in [6.07, 6.45) is 69.4. The van der Waals surface area contributed by atoms with Gasteiger partial charge in [-0.3, -0.25) is 37.3 Å². The van der Waals surface area contributed by atoms with Crippen LogP contribution in [-0.4, -0.2) is 96.7 Å². The molecule has 0 amide bonds. The molecule has 0 aromatic heterocycles. The summed E-state index contributed by atoms with van der Waals surface area (Å²) in [5, 5.41) is 10.6. The van der Waals surface area contributed by atoms with E-state index in [9.17, 15) is 43.2 Å². The summed E-state index contributed by atoms with van der Waals surface area (Å²) < 4.78 is 68.6. The maximum atomic E-state index is 13.1. The lowest BCUT2D eigenvalue weighted by molar-refractivity contribution is -0.161. The first-order chi connectivity index (χ1) is 48.5. The average Bonchev–Trinajstić information content (AvgIpc) is 0.924. The van der Waals surface area contributed by atoms with Crippen LogP contribution in [0.4, 0.5) is 0 Å². The molecule has 100 heavy (non-hydrogen) atoms. The van der Waals surface area contributed by atoms with Crippen LogP contribution in [0, 0.1) is 5.92 Å². The Kier molecular flexibility index (Phi) is 70.8. The van der Waals surface area contributed by atoms with Gasteiger partial charge >= 0.3 is 39.5 Å². The van der Waals surface area contributed by atoms with E-state index >= 15 is 0 Å². The zero-order valence-corrected chi connectivity index (χ0v) is 66.1. The molecular weight excluding hydrogens is 1310 g/mol. The molecular formula is C81H150O17P2. The number of allylic oxidation sites excluding steroid dienone is 8. The number of aliphatic hydroxyl groups excluding tert-OH is 1. The van der Waals surface area contributed by atoms with E-state index in [0.717, 1.165) is 128 Å². The van der Waals surface area contributed by atoms with Crippen LogP contribution in [0.1, 0.15) is 381 Å². The molecule has 0 aromatic rings. The van der Waals surface area contributed by atoms with Gasteiger partial charge in [-0.1, -0.05) is 327 Å². The summed E-state index contributed by atoms with van der Waals surface area (Å²) in [7, 11) is -9.94. The van der Waals surface area contributed by atoms with E-state index in [-0.39, 0.29) is 25.7 Å². The second-order valence-electron chi connectivity index (χ2n) is 28.3. The van der Waals surface area contributed by atoms with Crippen molar-refractivity contribution >= 4 is 39.5 Å². The molecule has 3 N–H and O–H groups in total. The van der Waals surface area contributed by atoms with E-state index in [1.807, 2.05) is 0 Å². The summed E-state index contributed by atoms with van der Waals surface area (Å²) in [6, 6.07) is 0. The molecule has 5 atom stereocenters. The number of carbonyl (C=O) groups excluding carboxylic acids is 4. The first kappa shape index (κ1) is 97.0. The van der Waals surface area contributed by atoms with Gasteiger partial charge in [0.25, 0.3) is 0 Å². The number of hydrogen-bond acceptors (Lipinski definition) is 15. The lowest BCUT2D eigenvalue weighted by Crippen LogP contribution is -2.30. The number of carbonyl (C=O) groups is 4. The van der Waals surface area contributed by atoms with Crippen molar-refractivity contribution in [2.45, 2.75) is 400 Å². The number of esters is 4. The molecule has 2 unspecified atom stereocenters. The van der Waals surface area contributed by atoms with Crippen LogP contribution >= 0.6 is 15.6 Å². The van der Waals surface area contributed by atoms with Gasteiger partial charge in [0.1, 0.15) is 19.3 Å². The first-order valence-corrected chi connectivity index (χ1v) is 43.8. The topological polar surface area (TPSA) is 237 Å². The third-order valence-electron chi connectivity index (χ3n) is 17.8. The molecule has 0 bridgehead atoms. The smallest absolute Gasteiger partial charge is 0.462 e. The molecule has 0 aliphatic carbocycles. The minimum Gasteiger partial charge on any atom is -0.462 e. The molecule has 0 fully saturated rings. The van der Waals surface area contributed by atoms with Gasteiger partial charge < -0.3 is 33.8 Å². The van der Waals surface area contributed by atoms with Gasteiger partial charge in [0.2, 0.25) is 0 Å². The number of phosphoric ester groups is 2. The maximum Gasteiger partial charge on any atom is 0.472 e. The van der Waals surface area contributed by atoms with E-state index in [0.29, 0.717) is 25.7 Å². The van der Waals surface area contributed by atoms with Gasteiger partial charge in [0.15, 0.2) is 12.2 Å². The number of ether oxygens (including phenoxy) is 4. The highest BCUT2D eigenvalue weighted by molar-refractivity contribution is 7.47. The number of unbranched alkanes of at least 4 members (excludes halogenated alkanes) is 43. The quantitative estimate of drug-likeness (QED) is 0.0169. The average molecular weight is 1460 g/mol. The molecule has 0 saturated heterocycles. The summed E-state index contributed by atoms with van der Waals surface area (Å²) >= 11 is 0. The Bertz CT molecular complexity index is 2100. The van der Waals surface area contributed by atoms with Crippen molar-refractivity contribution in [2.24, 2.45) is 5.92 Å². The maximum absolute atomic E-state index is 13.1. The van der Waals surface area contributed by atoms with Crippen molar-refractivity contribution in [3.63, 3.8) is 0 Å². The second kappa shape index (κ2) is 72.9. The molecule has 0 spiro atoms. The minimum absolute atomic E-state index is 0.0833. The van der Waals surface area contributed by atoms with Crippen LogP contribution in [-0.2, 0) is 65.4 Å². The lowest BCUT2D eigenvalue weighted by atomic mass is 10.0. The normalized spacial score (nSPS) is 14.2. The van der Waals surface area contributed by atoms with Crippen molar-refractivity contribution < 1.29 is 80.2 Å². The van der Waals surface area contributed by atoms with Crippen LogP contribution in [0.3, 0.4) is 0 Å². The monoisotopic (exact) mass is 1460 g/mol. The zero-order valence-electron chi connectivity index (χ0n) is 64.3. The molecule has 0 saturated carbocycles. The van der Waals surface area contributed by atoms with Crippen LogP contribution in [0.15, 0.2) is 48.6 Å². The zero-order chi connectivity index (χ0) is 73.4. The van der Waals surface area contributed by atoms with Gasteiger partial charge in [0, 0.05) is 25.7 Å². The van der Waals surface area contributed by atoms with Gasteiger partial charge in [-0.2, -0.15) is 0 Å². The highest BCUT2D eigenvalue weighted by atomic mass is 31.2. The largest absolute Gasteiger partial charge is 0.472 e. The van der Waals surface area contributed by atoms with Gasteiger partial charge in [-0.05, 0) is 83.0 Å². The van der Waals surface area contributed by atoms with Crippen molar-refractivity contribution in [3.8, 4) is 0 Å². The Morgan fingerprint density at radius 2 is 0.540 bits per heavy atom. The molecule has 0 heterocycles. The summed E-state index contributed by atoms with van der Waals surface area (Å²) in [6.45, 7) is 7.22. The molecule has 17 nitrogen and oxygen atoms in total. The van der Waals surface area contributed by atoms with Crippen molar-refractivity contribution in [2.75, 3.05) is 39.6 Å². The van der Waals surface area contributed by atoms with Crippen LogP contribution in [0.5, 0.6) is 0 Å². The lowest BCUT2D eigenvalue weighted by Gasteiger charge is -2.21. The van der Waals surface area contributed by atoms with Crippen molar-refractivity contribution in [3.05, 3.63) is 48.6 Å². The van der Waals surface area contributed by atoms with Gasteiger partial charge in [-0.15, -0.1) is 0 Å². The van der Waals surface area contributed by atoms with E-state index in [4.69, 9.17) is 37.0 Å². The Morgan fingerprint density at radius 3 is 0.820 bits per heavy atom. The van der Waals surface area contributed by atoms with Crippen LogP contribution < -0.4 is 0 Å². The Hall–Kier alpha value is -2.98. The number of hydrogen-bond donors (Lipinski definition) is 3.